The van der Waals surface area contributed by atoms with Gasteiger partial charge in [-0.1, -0.05) is 87.7 Å². The Hall–Kier alpha value is -3.15. The van der Waals surface area contributed by atoms with Crippen LogP contribution in [0.25, 0.3) is 0 Å². The molecule has 6 nitrogen and oxygen atoms in total. The van der Waals surface area contributed by atoms with E-state index in [1.54, 1.807) is 0 Å². The minimum Gasteiger partial charge on any atom is -0.469 e. The van der Waals surface area contributed by atoms with Crippen molar-refractivity contribution in [3.05, 3.63) is 71.3 Å². The lowest BCUT2D eigenvalue weighted by molar-refractivity contribution is -0.154. The third-order valence-electron chi connectivity index (χ3n) is 6.96. The fourth-order valence-corrected chi connectivity index (χ4v) is 4.55. The van der Waals surface area contributed by atoms with Crippen LogP contribution < -0.4 is 0 Å². The highest BCUT2D eigenvalue weighted by Gasteiger charge is 2.29. The van der Waals surface area contributed by atoms with E-state index < -0.39 is 11.8 Å². The Labute approximate surface area is 234 Å². The van der Waals surface area contributed by atoms with E-state index in [4.69, 9.17) is 14.2 Å². The van der Waals surface area contributed by atoms with Gasteiger partial charge in [0.2, 0.25) is 0 Å². The van der Waals surface area contributed by atoms with E-state index in [0.717, 1.165) is 43.2 Å². The first-order valence-corrected chi connectivity index (χ1v) is 14.5. The molecule has 0 N–H and O–H groups in total. The molecule has 0 spiro atoms. The molecule has 2 atom stereocenters. The second kappa shape index (κ2) is 19.0. The van der Waals surface area contributed by atoms with Gasteiger partial charge >= 0.3 is 17.9 Å². The Balaban J connectivity index is 2.11. The molecular weight excluding hydrogens is 492 g/mol. The van der Waals surface area contributed by atoms with Crippen LogP contribution in [0.1, 0.15) is 88.3 Å². The minimum absolute atomic E-state index is 0.201. The van der Waals surface area contributed by atoms with Gasteiger partial charge in [-0.3, -0.25) is 14.4 Å². The molecule has 0 amide bonds. The standard InChI is InChI=1S/C33H46O6/c1-4-6-23-38-32(35)29(15-10-11-16-31(34)37-3)24-30(33(36)39-25-28-13-8-7-9-14-28)22-21-27-19-17-26(12-5-2)18-20-27/h7-9,13-14,17-20,29-30H,4-6,10-12,15-16,21-25H2,1-3H3/t29?,30-/m1/s1. The van der Waals surface area contributed by atoms with Crippen LogP contribution in [0.15, 0.2) is 54.6 Å². The maximum atomic E-state index is 13.3. The molecule has 2 aromatic rings. The van der Waals surface area contributed by atoms with Crippen LogP contribution in [-0.4, -0.2) is 31.6 Å². The van der Waals surface area contributed by atoms with Crippen LogP contribution in [0.3, 0.4) is 0 Å². The third-order valence-corrected chi connectivity index (χ3v) is 6.96. The normalized spacial score (nSPS) is 12.4. The van der Waals surface area contributed by atoms with Gasteiger partial charge in [-0.2, -0.15) is 0 Å². The average molecular weight is 539 g/mol. The topological polar surface area (TPSA) is 78.9 Å². The molecule has 0 saturated heterocycles. The van der Waals surface area contributed by atoms with Crippen molar-refractivity contribution >= 4 is 17.9 Å². The number of benzene rings is 2. The number of hydrogen-bond acceptors (Lipinski definition) is 6. The number of hydrogen-bond donors (Lipinski definition) is 0. The zero-order chi connectivity index (χ0) is 28.3. The van der Waals surface area contributed by atoms with E-state index in [-0.39, 0.29) is 24.5 Å². The van der Waals surface area contributed by atoms with Gasteiger partial charge in [0.1, 0.15) is 6.61 Å². The molecule has 0 aliphatic rings. The van der Waals surface area contributed by atoms with Crippen LogP contribution in [0.5, 0.6) is 0 Å². The van der Waals surface area contributed by atoms with E-state index in [1.807, 2.05) is 37.3 Å². The summed E-state index contributed by atoms with van der Waals surface area (Å²) < 4.78 is 16.0. The number of methoxy groups -OCH3 is 1. The number of rotatable bonds is 19. The van der Waals surface area contributed by atoms with E-state index in [0.29, 0.717) is 45.1 Å². The second-order valence-corrected chi connectivity index (χ2v) is 10.2. The number of unbranched alkanes of at least 4 members (excludes halogenated alkanes) is 2. The van der Waals surface area contributed by atoms with E-state index in [1.165, 1.54) is 12.7 Å². The fourth-order valence-electron chi connectivity index (χ4n) is 4.55. The molecule has 0 aliphatic carbocycles. The monoisotopic (exact) mass is 538 g/mol. The summed E-state index contributed by atoms with van der Waals surface area (Å²) in [6.07, 6.45) is 7.72. The lowest BCUT2D eigenvalue weighted by atomic mass is 9.86. The van der Waals surface area contributed by atoms with Crippen LogP contribution in [0.4, 0.5) is 0 Å². The molecule has 39 heavy (non-hydrogen) atoms. The highest BCUT2D eigenvalue weighted by Crippen LogP contribution is 2.26. The average Bonchev–Trinajstić information content (AvgIpc) is 2.96. The summed E-state index contributed by atoms with van der Waals surface area (Å²) in [6, 6.07) is 18.2. The first-order chi connectivity index (χ1) is 19.0. The van der Waals surface area contributed by atoms with Gasteiger partial charge in [-0.05, 0) is 61.6 Å². The van der Waals surface area contributed by atoms with Gasteiger partial charge < -0.3 is 14.2 Å². The van der Waals surface area contributed by atoms with Crippen molar-refractivity contribution in [2.45, 2.75) is 91.1 Å². The quantitative estimate of drug-likeness (QED) is 0.109. The molecule has 2 rings (SSSR count). The molecule has 2 aromatic carbocycles. The third kappa shape index (κ3) is 13.0. The predicted octanol–water partition coefficient (Wildman–Crippen LogP) is 7.01. The molecule has 0 aromatic heterocycles. The molecule has 0 bridgehead atoms. The van der Waals surface area contributed by atoms with Crippen molar-refractivity contribution in [2.75, 3.05) is 13.7 Å². The predicted molar refractivity (Wildman–Crippen MR) is 153 cm³/mol. The van der Waals surface area contributed by atoms with Crippen LogP contribution in [0.2, 0.25) is 0 Å². The smallest absolute Gasteiger partial charge is 0.309 e. The summed E-state index contributed by atoms with van der Waals surface area (Å²) in [5, 5.41) is 0. The van der Waals surface area contributed by atoms with Gasteiger partial charge in [0, 0.05) is 6.42 Å². The highest BCUT2D eigenvalue weighted by atomic mass is 16.5. The maximum Gasteiger partial charge on any atom is 0.309 e. The molecule has 0 fully saturated rings. The minimum atomic E-state index is -0.437. The van der Waals surface area contributed by atoms with Crippen molar-refractivity contribution in [3.8, 4) is 0 Å². The lowest BCUT2D eigenvalue weighted by Crippen LogP contribution is -2.27. The SMILES string of the molecule is CCCCOC(=O)C(CCCCC(=O)OC)C[C@@H](CCc1ccc(CCC)cc1)C(=O)OCc1ccccc1. The highest BCUT2D eigenvalue weighted by molar-refractivity contribution is 5.76. The maximum absolute atomic E-state index is 13.3. The summed E-state index contributed by atoms with van der Waals surface area (Å²) in [5.74, 6) is -1.69. The molecule has 1 unspecified atom stereocenters. The van der Waals surface area contributed by atoms with Gasteiger partial charge in [0.05, 0.1) is 25.6 Å². The van der Waals surface area contributed by atoms with E-state index in [2.05, 4.69) is 31.2 Å². The molecule has 0 radical (unpaired) electrons. The largest absolute Gasteiger partial charge is 0.469 e. The number of ether oxygens (including phenoxy) is 3. The van der Waals surface area contributed by atoms with Crippen molar-refractivity contribution in [2.24, 2.45) is 11.8 Å². The Morgan fingerprint density at radius 1 is 0.692 bits per heavy atom. The lowest BCUT2D eigenvalue weighted by Gasteiger charge is -2.22. The number of aryl methyl sites for hydroxylation is 2. The van der Waals surface area contributed by atoms with E-state index in [9.17, 15) is 14.4 Å². The summed E-state index contributed by atoms with van der Waals surface area (Å²) in [4.78, 5) is 37.9. The molecule has 0 saturated carbocycles. The molecule has 6 heteroatoms. The summed E-state index contributed by atoms with van der Waals surface area (Å²) in [6.45, 7) is 4.79. The van der Waals surface area contributed by atoms with Gasteiger partial charge in [-0.15, -0.1) is 0 Å². The van der Waals surface area contributed by atoms with Crippen LogP contribution in [0, 0.1) is 11.8 Å². The first kappa shape index (κ1) is 32.1. The summed E-state index contributed by atoms with van der Waals surface area (Å²) in [5.41, 5.74) is 3.40. The number of carbonyl (C=O) groups is 3. The van der Waals surface area contributed by atoms with Gasteiger partial charge in [0.15, 0.2) is 0 Å². The first-order valence-electron chi connectivity index (χ1n) is 14.5. The number of esters is 3. The van der Waals surface area contributed by atoms with Crippen molar-refractivity contribution in [3.63, 3.8) is 0 Å². The molecular formula is C33H46O6. The van der Waals surface area contributed by atoms with Crippen molar-refractivity contribution < 1.29 is 28.6 Å². The van der Waals surface area contributed by atoms with Gasteiger partial charge in [0.25, 0.3) is 0 Å². The Kier molecular flexibility index (Phi) is 15.6. The Morgan fingerprint density at radius 2 is 1.33 bits per heavy atom. The summed E-state index contributed by atoms with van der Waals surface area (Å²) in [7, 11) is 1.37. The van der Waals surface area contributed by atoms with Crippen LogP contribution in [-0.2, 0) is 48.0 Å². The summed E-state index contributed by atoms with van der Waals surface area (Å²) >= 11 is 0. The Bertz CT molecular complexity index is 969. The van der Waals surface area contributed by atoms with Crippen molar-refractivity contribution in [1.29, 1.82) is 0 Å². The van der Waals surface area contributed by atoms with Gasteiger partial charge in [-0.25, -0.2) is 0 Å². The van der Waals surface area contributed by atoms with Crippen LogP contribution >= 0.6 is 0 Å². The van der Waals surface area contributed by atoms with Crippen molar-refractivity contribution in [1.82, 2.24) is 0 Å². The molecule has 0 aliphatic heterocycles. The zero-order valence-electron chi connectivity index (χ0n) is 24.0. The van der Waals surface area contributed by atoms with E-state index >= 15 is 0 Å². The molecule has 214 valence electrons. The fraction of sp³-hybridized carbons (Fsp3) is 0.545. The number of carbonyl (C=O) groups excluding carboxylic acids is 3. The Morgan fingerprint density at radius 3 is 1.97 bits per heavy atom. The molecule has 0 heterocycles. The zero-order valence-corrected chi connectivity index (χ0v) is 24.0. The second-order valence-electron chi connectivity index (χ2n) is 10.2.